The molecule has 0 bridgehead atoms. The number of amides is 1. The van der Waals surface area contributed by atoms with Crippen LogP contribution in [0.25, 0.3) is 0 Å². The summed E-state index contributed by atoms with van der Waals surface area (Å²) in [4.78, 5) is 24.5. The van der Waals surface area contributed by atoms with E-state index in [1.165, 1.54) is 12.1 Å². The second kappa shape index (κ2) is 6.00. The largest absolute Gasteiger partial charge is 0.335 e. The van der Waals surface area contributed by atoms with Crippen LogP contribution in [-0.4, -0.2) is 33.6 Å². The molecule has 0 spiro atoms. The van der Waals surface area contributed by atoms with Crippen molar-refractivity contribution in [3.05, 3.63) is 38.3 Å². The quantitative estimate of drug-likeness (QED) is 0.439. The highest BCUT2D eigenvalue weighted by Crippen LogP contribution is 2.30. The number of rotatable bonds is 5. The molecular weight excluding hydrogens is 380 g/mol. The molecule has 5 nitrogen and oxygen atoms in total. The minimum absolute atomic E-state index is 0.0766. The van der Waals surface area contributed by atoms with Gasteiger partial charge in [-0.1, -0.05) is 31.9 Å². The predicted molar refractivity (Wildman–Crippen MR) is 78.6 cm³/mol. The molecule has 1 aromatic carbocycles. The third-order valence-electron chi connectivity index (χ3n) is 2.91. The monoisotopic (exact) mass is 390 g/mol. The third kappa shape index (κ3) is 3.54. The maximum absolute atomic E-state index is 12.4. The van der Waals surface area contributed by atoms with E-state index in [0.717, 1.165) is 12.8 Å². The second-order valence-corrected chi connectivity index (χ2v) is 6.08. The van der Waals surface area contributed by atoms with Gasteiger partial charge in [-0.05, 0) is 18.9 Å². The van der Waals surface area contributed by atoms with Crippen molar-refractivity contribution in [2.75, 3.05) is 11.9 Å². The fraction of sp³-hybridized carbons (Fsp3) is 0.417. The Labute approximate surface area is 127 Å². The Balaban J connectivity index is 2.28. The van der Waals surface area contributed by atoms with Gasteiger partial charge in [0.25, 0.3) is 11.6 Å². The van der Waals surface area contributed by atoms with Crippen LogP contribution < -0.4 is 0 Å². The average molecular weight is 392 g/mol. The molecule has 1 aromatic rings. The molecule has 1 saturated carbocycles. The van der Waals surface area contributed by atoms with E-state index in [2.05, 4.69) is 31.9 Å². The van der Waals surface area contributed by atoms with Crippen LogP contribution in [0.5, 0.6) is 0 Å². The normalized spacial score (nSPS) is 14.2. The van der Waals surface area contributed by atoms with Crippen molar-refractivity contribution in [3.8, 4) is 0 Å². The van der Waals surface area contributed by atoms with Crippen LogP contribution in [0.3, 0.4) is 0 Å². The number of hydrogen-bond donors (Lipinski definition) is 0. The maximum Gasteiger partial charge on any atom is 0.271 e. The van der Waals surface area contributed by atoms with E-state index in [-0.39, 0.29) is 17.6 Å². The smallest absolute Gasteiger partial charge is 0.271 e. The summed E-state index contributed by atoms with van der Waals surface area (Å²) in [5.74, 6) is -0.147. The van der Waals surface area contributed by atoms with Gasteiger partial charge in [-0.15, -0.1) is 0 Å². The van der Waals surface area contributed by atoms with E-state index in [1.54, 1.807) is 11.0 Å². The molecule has 2 rings (SSSR count). The molecule has 0 radical (unpaired) electrons. The summed E-state index contributed by atoms with van der Waals surface area (Å²) in [5, 5.41) is 11.5. The molecule has 0 heterocycles. The van der Waals surface area contributed by atoms with Gasteiger partial charge in [-0.3, -0.25) is 14.9 Å². The van der Waals surface area contributed by atoms with E-state index >= 15 is 0 Å². The van der Waals surface area contributed by atoms with Gasteiger partial charge in [-0.25, -0.2) is 0 Å². The summed E-state index contributed by atoms with van der Waals surface area (Å²) in [5.41, 5.74) is 0.279. The molecule has 1 aliphatic rings. The molecule has 102 valence electrons. The SMILES string of the molecule is O=C(c1cc(Br)cc([N+](=O)[O-])c1)N(CCBr)C1CC1. The van der Waals surface area contributed by atoms with Gasteiger partial charge >= 0.3 is 0 Å². The van der Waals surface area contributed by atoms with Gasteiger partial charge in [-0.2, -0.15) is 0 Å². The maximum atomic E-state index is 12.4. The number of benzene rings is 1. The lowest BCUT2D eigenvalue weighted by atomic mass is 10.1. The number of alkyl halides is 1. The van der Waals surface area contributed by atoms with Crippen LogP contribution in [0.1, 0.15) is 23.2 Å². The van der Waals surface area contributed by atoms with Crippen LogP contribution in [0.2, 0.25) is 0 Å². The van der Waals surface area contributed by atoms with Crippen molar-refractivity contribution in [2.45, 2.75) is 18.9 Å². The van der Waals surface area contributed by atoms with Crippen molar-refractivity contribution in [3.63, 3.8) is 0 Å². The Morgan fingerprint density at radius 3 is 2.63 bits per heavy atom. The van der Waals surface area contributed by atoms with Crippen molar-refractivity contribution in [2.24, 2.45) is 0 Å². The summed E-state index contributed by atoms with van der Waals surface area (Å²) in [6.07, 6.45) is 2.02. The lowest BCUT2D eigenvalue weighted by Crippen LogP contribution is -2.34. The van der Waals surface area contributed by atoms with E-state index in [4.69, 9.17) is 0 Å². The number of halogens is 2. The predicted octanol–water partition coefficient (Wildman–Crippen LogP) is 3.36. The Bertz CT molecular complexity index is 518. The molecular formula is C12H12Br2N2O3. The molecule has 0 N–H and O–H groups in total. The molecule has 1 aliphatic carbocycles. The van der Waals surface area contributed by atoms with Gasteiger partial charge in [0.05, 0.1) is 4.92 Å². The highest BCUT2D eigenvalue weighted by atomic mass is 79.9. The number of carbonyl (C=O) groups is 1. The number of non-ortho nitro benzene ring substituents is 1. The summed E-state index contributed by atoms with van der Waals surface area (Å²) < 4.78 is 0.541. The molecule has 0 aliphatic heterocycles. The Kier molecular flexibility index (Phi) is 4.57. The van der Waals surface area contributed by atoms with Crippen LogP contribution in [0.15, 0.2) is 22.7 Å². The minimum Gasteiger partial charge on any atom is -0.335 e. The van der Waals surface area contributed by atoms with E-state index < -0.39 is 4.92 Å². The first kappa shape index (κ1) is 14.5. The van der Waals surface area contributed by atoms with Crippen LogP contribution in [0.4, 0.5) is 5.69 Å². The number of nitro benzene ring substituents is 1. The topological polar surface area (TPSA) is 63.4 Å². The molecule has 1 amide bonds. The Morgan fingerprint density at radius 2 is 2.11 bits per heavy atom. The minimum atomic E-state index is -0.493. The molecule has 7 heteroatoms. The number of hydrogen-bond acceptors (Lipinski definition) is 3. The first-order chi connectivity index (χ1) is 9.02. The fourth-order valence-corrected chi connectivity index (χ4v) is 2.76. The molecule has 1 fully saturated rings. The van der Waals surface area contributed by atoms with Gasteiger partial charge in [0.1, 0.15) is 0 Å². The zero-order valence-electron chi connectivity index (χ0n) is 10.0. The number of nitro groups is 1. The summed E-state index contributed by atoms with van der Waals surface area (Å²) in [6, 6.07) is 4.63. The van der Waals surface area contributed by atoms with E-state index in [9.17, 15) is 14.9 Å². The Hall–Kier alpha value is -0.950. The van der Waals surface area contributed by atoms with E-state index in [1.807, 2.05) is 0 Å². The lowest BCUT2D eigenvalue weighted by Gasteiger charge is -2.21. The van der Waals surface area contributed by atoms with E-state index in [0.29, 0.717) is 21.9 Å². The van der Waals surface area contributed by atoms with Crippen molar-refractivity contribution in [1.82, 2.24) is 4.90 Å². The van der Waals surface area contributed by atoms with Crippen LogP contribution >= 0.6 is 31.9 Å². The summed E-state index contributed by atoms with van der Waals surface area (Å²) in [7, 11) is 0. The zero-order chi connectivity index (χ0) is 14.0. The highest BCUT2D eigenvalue weighted by Gasteiger charge is 2.33. The van der Waals surface area contributed by atoms with Gasteiger partial charge in [0.2, 0.25) is 0 Å². The molecule has 0 unspecified atom stereocenters. The number of nitrogens with zero attached hydrogens (tertiary/aromatic N) is 2. The fourth-order valence-electron chi connectivity index (χ4n) is 1.90. The highest BCUT2D eigenvalue weighted by molar-refractivity contribution is 9.10. The standard InChI is InChI=1S/C12H12Br2N2O3/c13-3-4-15(10-1-2-10)12(17)8-5-9(14)7-11(6-8)16(18)19/h5-7,10H,1-4H2. The summed E-state index contributed by atoms with van der Waals surface area (Å²) in [6.45, 7) is 0.615. The Morgan fingerprint density at radius 1 is 1.42 bits per heavy atom. The lowest BCUT2D eigenvalue weighted by molar-refractivity contribution is -0.385. The van der Waals surface area contributed by atoms with Crippen LogP contribution in [-0.2, 0) is 0 Å². The van der Waals surface area contributed by atoms with Gasteiger partial charge < -0.3 is 4.90 Å². The van der Waals surface area contributed by atoms with Crippen LogP contribution in [0, 0.1) is 10.1 Å². The average Bonchev–Trinajstić information content (AvgIpc) is 3.18. The third-order valence-corrected chi connectivity index (χ3v) is 3.73. The summed E-state index contributed by atoms with van der Waals surface area (Å²) >= 11 is 6.53. The first-order valence-electron chi connectivity index (χ1n) is 5.85. The number of carbonyl (C=O) groups excluding carboxylic acids is 1. The molecule has 0 saturated heterocycles. The zero-order valence-corrected chi connectivity index (χ0v) is 13.2. The van der Waals surface area contributed by atoms with Crippen molar-refractivity contribution < 1.29 is 9.72 Å². The second-order valence-electron chi connectivity index (χ2n) is 4.37. The molecule has 0 atom stereocenters. The van der Waals surface area contributed by atoms with Crippen molar-refractivity contribution >= 4 is 43.5 Å². The van der Waals surface area contributed by atoms with Gasteiger partial charge in [0.15, 0.2) is 0 Å². The first-order valence-corrected chi connectivity index (χ1v) is 7.76. The molecule has 19 heavy (non-hydrogen) atoms. The van der Waals surface area contributed by atoms with Gasteiger partial charge in [0, 0.05) is 40.1 Å². The van der Waals surface area contributed by atoms with Crippen molar-refractivity contribution in [1.29, 1.82) is 0 Å². The molecule has 0 aromatic heterocycles.